The summed E-state index contributed by atoms with van der Waals surface area (Å²) in [6.07, 6.45) is -14.3. The number of aliphatic hydroxyl groups excluding tert-OH is 1. The number of aromatic nitrogens is 3. The van der Waals surface area contributed by atoms with Gasteiger partial charge in [0.15, 0.2) is 0 Å². The van der Waals surface area contributed by atoms with E-state index in [0.717, 1.165) is 64.6 Å². The molecule has 80 heavy (non-hydrogen) atoms. The zero-order valence-electron chi connectivity index (χ0n) is 43.6. The van der Waals surface area contributed by atoms with Crippen LogP contribution in [0.1, 0.15) is 56.5 Å². The Hall–Kier alpha value is -7.22. The maximum absolute atomic E-state index is 16.0. The molecule has 28 heteroatoms. The van der Waals surface area contributed by atoms with Crippen LogP contribution in [-0.2, 0) is 32.0 Å². The number of pyridine rings is 1. The number of hydrogen-bond donors (Lipinski definition) is 6. The van der Waals surface area contributed by atoms with Gasteiger partial charge < -0.3 is 40.5 Å². The number of likely N-dealkylation sites (tertiary alicyclic amines) is 1. The van der Waals surface area contributed by atoms with Gasteiger partial charge in [0.2, 0.25) is 5.91 Å². The topological polar surface area (TPSA) is 216 Å². The number of ether oxygens (including phenoxy) is 2. The molecule has 6 atom stereocenters. The molecule has 3 aliphatic heterocycles. The number of benzene rings is 2. The second-order valence-corrected chi connectivity index (χ2v) is 20.9. The molecule has 0 spiro atoms. The number of aliphatic hydroxyl groups is 1. The number of carbonyl (C=O) groups excluding carboxylic acids is 3. The zero-order chi connectivity index (χ0) is 58.6. The summed E-state index contributed by atoms with van der Waals surface area (Å²) >= 11 is 0. The summed E-state index contributed by atoms with van der Waals surface area (Å²) in [6.45, 7) is 1.96. The van der Waals surface area contributed by atoms with Crippen molar-refractivity contribution in [3.05, 3.63) is 101 Å². The molecular formula is C52H58F10N10O8. The number of nitrogens with zero attached hydrogens (tertiary/aromatic N) is 6. The molecule has 0 saturated carbocycles. The first-order valence-electron chi connectivity index (χ1n) is 24.9. The molecule has 18 nitrogen and oxygen atoms in total. The van der Waals surface area contributed by atoms with Crippen LogP contribution < -0.4 is 26.3 Å². The number of anilines is 1. The fraction of sp³-hybridized carbons (Fsp3) is 0.500. The third-order valence-electron chi connectivity index (χ3n) is 14.7. The minimum Gasteiger partial charge on any atom is -0.465 e. The first-order chi connectivity index (χ1) is 37.4. The average Bonchev–Trinajstić information content (AvgIpc) is 4.13. The number of nitrogens with one attached hydrogen (secondary N) is 4. The molecule has 0 bridgehead atoms. The van der Waals surface area contributed by atoms with E-state index in [4.69, 9.17) is 4.74 Å². The van der Waals surface area contributed by atoms with Gasteiger partial charge in [-0.2, -0.15) is 40.2 Å². The average molecular weight is 1140 g/mol. The van der Waals surface area contributed by atoms with E-state index in [0.29, 0.717) is 73.8 Å². The van der Waals surface area contributed by atoms with Crippen LogP contribution in [-0.4, -0.2) is 155 Å². The van der Waals surface area contributed by atoms with Gasteiger partial charge in [-0.15, -0.1) is 0 Å². The fourth-order valence-electron chi connectivity index (χ4n) is 9.46. The van der Waals surface area contributed by atoms with Crippen LogP contribution in [0.3, 0.4) is 0 Å². The quantitative estimate of drug-likeness (QED) is 0.0349. The number of hydrazine groups is 1. The maximum atomic E-state index is 16.0. The minimum atomic E-state index is -5.28. The number of fused-ring (bicyclic) bond motifs is 1. The largest absolute Gasteiger partial charge is 0.465 e. The molecule has 434 valence electrons. The van der Waals surface area contributed by atoms with E-state index in [9.17, 15) is 64.5 Å². The first-order valence-corrected chi connectivity index (χ1v) is 24.9. The van der Waals surface area contributed by atoms with Crippen LogP contribution in [0.5, 0.6) is 0 Å². The van der Waals surface area contributed by atoms with E-state index in [1.807, 2.05) is 22.9 Å². The smallest absolute Gasteiger partial charge is 0.407 e. The number of carbonyl (C=O) groups is 4. The first kappa shape index (κ1) is 60.4. The summed E-state index contributed by atoms with van der Waals surface area (Å²) in [5.74, 6) is 1.66. The summed E-state index contributed by atoms with van der Waals surface area (Å²) in [6, 6.07) is 5.54. The molecule has 3 aliphatic rings. The summed E-state index contributed by atoms with van der Waals surface area (Å²) in [5, 5.41) is 31.1. The second kappa shape index (κ2) is 24.2. The van der Waals surface area contributed by atoms with Crippen molar-refractivity contribution in [1.82, 2.24) is 46.0 Å². The zero-order valence-corrected chi connectivity index (χ0v) is 43.6. The SMILES string of the molecule is COC(=O)N[C@H](C(=O)N[C@@H](Cc1ccc(C#Cc2ccc(N3C[C@@H]4CN(C5COC5)C[C@@H]4C3)nc2)cc1)[C@@H](O)CN(Cc1c(F)cc(-c2ccn(C(F)F)n2)cc1F)NC(=O)[C@@H](NC(=O)O)C(C)(C)C(F)(F)F)C(C)(C)C(F)(F)F. The lowest BCUT2D eigenvalue weighted by Gasteiger charge is -2.38. The van der Waals surface area contributed by atoms with Crippen molar-refractivity contribution in [2.24, 2.45) is 22.7 Å². The lowest BCUT2D eigenvalue weighted by Crippen LogP contribution is -2.63. The molecule has 7 rings (SSSR count). The molecule has 5 heterocycles. The van der Waals surface area contributed by atoms with E-state index in [2.05, 4.69) is 41.8 Å². The molecule has 4 amide bonds. The third-order valence-corrected chi connectivity index (χ3v) is 14.7. The van der Waals surface area contributed by atoms with Gasteiger partial charge in [-0.05, 0) is 94.0 Å². The molecule has 3 saturated heterocycles. The highest BCUT2D eigenvalue weighted by atomic mass is 19.4. The highest BCUT2D eigenvalue weighted by Crippen LogP contribution is 2.42. The van der Waals surface area contributed by atoms with Gasteiger partial charge >= 0.3 is 31.1 Å². The Kier molecular flexibility index (Phi) is 18.3. The third kappa shape index (κ3) is 14.0. The van der Waals surface area contributed by atoms with Crippen molar-refractivity contribution in [2.75, 3.05) is 57.9 Å². The molecule has 0 aliphatic carbocycles. The molecular weight excluding hydrogens is 1080 g/mol. The van der Waals surface area contributed by atoms with E-state index in [1.54, 1.807) is 6.20 Å². The molecule has 2 aromatic carbocycles. The monoisotopic (exact) mass is 1140 g/mol. The van der Waals surface area contributed by atoms with E-state index < -0.39 is 115 Å². The van der Waals surface area contributed by atoms with Crippen molar-refractivity contribution in [3.63, 3.8) is 0 Å². The number of carboxylic acid groups (broad SMARTS) is 1. The number of hydrogen-bond acceptors (Lipinski definition) is 12. The summed E-state index contributed by atoms with van der Waals surface area (Å²) in [4.78, 5) is 61.4. The molecule has 2 aromatic heterocycles. The van der Waals surface area contributed by atoms with Crippen molar-refractivity contribution in [3.8, 4) is 23.1 Å². The minimum absolute atomic E-state index is 0.188. The van der Waals surface area contributed by atoms with Gasteiger partial charge in [0, 0.05) is 73.9 Å². The Morgan fingerprint density at radius 1 is 0.812 bits per heavy atom. The van der Waals surface area contributed by atoms with E-state index in [-0.39, 0.29) is 21.5 Å². The number of methoxy groups -OCH3 is 1. The molecule has 6 N–H and O–H groups in total. The highest BCUT2D eigenvalue weighted by molar-refractivity contribution is 5.87. The Bertz CT molecular complexity index is 2890. The van der Waals surface area contributed by atoms with Gasteiger partial charge in [-0.1, -0.05) is 24.0 Å². The van der Waals surface area contributed by atoms with E-state index in [1.165, 1.54) is 29.6 Å². The maximum Gasteiger partial charge on any atom is 0.407 e. The van der Waals surface area contributed by atoms with Crippen LogP contribution in [0.2, 0.25) is 0 Å². The standard InChI is InChI=1S/C52H58F10N10O8/c1-49(2,51(57,58)59)42(66-48(78)79-5)44(74)64-39(16-29-9-6-28(7-10-29)8-11-30-12-13-41(63-19-30)70-22-32-20-69(21-33(32)23-70)34-26-80-27-34)40(73)25-71(68-45(75)43(65-47(76)77)50(3,4)52(60,61)62)24-35-36(53)17-31(18-37(35)54)38-14-15-72(67-38)46(55)56/h6-7,9-10,12-15,17-19,32-34,39-40,42-43,46,65,73H,16,20-27H2,1-5H3,(H,64,74)(H,66,78)(H,68,75)(H,76,77)/t32-,33+,39-,40-,42+,43+/m0/s1. The van der Waals surface area contributed by atoms with Crippen molar-refractivity contribution >= 4 is 29.8 Å². The molecule has 0 unspecified atom stereocenters. The van der Waals surface area contributed by atoms with Gasteiger partial charge in [0.1, 0.15) is 29.5 Å². The lowest BCUT2D eigenvalue weighted by atomic mass is 9.82. The normalized spacial score (nSPS) is 18.6. The fourth-order valence-corrected chi connectivity index (χ4v) is 9.46. The van der Waals surface area contributed by atoms with Gasteiger partial charge in [-0.3, -0.25) is 19.9 Å². The predicted molar refractivity (Wildman–Crippen MR) is 265 cm³/mol. The number of alkyl carbamates (subject to hydrolysis) is 1. The molecule has 0 radical (unpaired) electrons. The lowest BCUT2D eigenvalue weighted by molar-refractivity contribution is -0.221. The van der Waals surface area contributed by atoms with Crippen molar-refractivity contribution in [1.29, 1.82) is 0 Å². The Labute approximate surface area is 452 Å². The number of halogens is 10. The predicted octanol–water partition coefficient (Wildman–Crippen LogP) is 6.24. The van der Waals surface area contributed by atoms with Crippen molar-refractivity contribution in [2.45, 2.75) is 89.8 Å². The number of rotatable bonds is 19. The van der Waals surface area contributed by atoms with E-state index >= 15 is 8.78 Å². The Balaban J connectivity index is 1.17. The highest BCUT2D eigenvalue weighted by Gasteiger charge is 2.57. The Morgan fingerprint density at radius 3 is 1.89 bits per heavy atom. The van der Waals surface area contributed by atoms with Gasteiger partial charge in [-0.25, -0.2) is 33.0 Å². The summed E-state index contributed by atoms with van der Waals surface area (Å²) < 4.78 is 155. The number of alkyl halides is 8. The summed E-state index contributed by atoms with van der Waals surface area (Å²) in [7, 11) is 0.811. The number of amides is 4. The van der Waals surface area contributed by atoms with Crippen LogP contribution in [0.4, 0.5) is 59.3 Å². The molecule has 3 fully saturated rings. The second-order valence-electron chi connectivity index (χ2n) is 20.9. The van der Waals surface area contributed by atoms with Gasteiger partial charge in [0.05, 0.1) is 55.0 Å². The summed E-state index contributed by atoms with van der Waals surface area (Å²) in [5.41, 5.74) is -4.67. The van der Waals surface area contributed by atoms with Crippen LogP contribution in [0.25, 0.3) is 11.3 Å². The van der Waals surface area contributed by atoms with Gasteiger partial charge in [0.25, 0.3) is 5.91 Å². The van der Waals surface area contributed by atoms with Crippen LogP contribution in [0.15, 0.2) is 67.0 Å². The van der Waals surface area contributed by atoms with Crippen molar-refractivity contribution < 1.29 is 82.8 Å². The van der Waals surface area contributed by atoms with Crippen LogP contribution >= 0.6 is 0 Å². The Morgan fingerprint density at radius 2 is 1.39 bits per heavy atom. The van der Waals surface area contributed by atoms with Crippen LogP contribution in [0, 0.1) is 46.1 Å². The molecule has 4 aromatic rings.